The quantitative estimate of drug-likeness (QED) is 0.633. The molecule has 33 heavy (non-hydrogen) atoms. The smallest absolute Gasteiger partial charge is 0.407 e. The Labute approximate surface area is 193 Å². The average Bonchev–Trinajstić information content (AvgIpc) is 3.39. The molecule has 7 heteroatoms. The third-order valence-corrected chi connectivity index (χ3v) is 6.61. The van der Waals surface area contributed by atoms with E-state index in [4.69, 9.17) is 9.84 Å². The van der Waals surface area contributed by atoms with Gasteiger partial charge < -0.3 is 20.1 Å². The minimum Gasteiger partial charge on any atom is -0.480 e. The van der Waals surface area contributed by atoms with Gasteiger partial charge in [-0.2, -0.15) is 0 Å². The van der Waals surface area contributed by atoms with Crippen molar-refractivity contribution in [3.8, 4) is 11.1 Å². The van der Waals surface area contributed by atoms with Gasteiger partial charge in [-0.15, -0.1) is 0 Å². The number of aliphatic carboxylic acids is 1. The van der Waals surface area contributed by atoms with E-state index in [1.54, 1.807) is 0 Å². The van der Waals surface area contributed by atoms with Gasteiger partial charge in [-0.25, -0.2) is 4.79 Å². The van der Waals surface area contributed by atoms with Crippen LogP contribution in [0, 0.1) is 5.92 Å². The molecule has 0 saturated heterocycles. The molecule has 2 amide bonds. The van der Waals surface area contributed by atoms with E-state index in [2.05, 4.69) is 29.6 Å². The number of fused-ring (bicyclic) bond motifs is 3. The predicted octanol–water partition coefficient (Wildman–Crippen LogP) is 4.02. The Hall–Kier alpha value is -3.35. The fourth-order valence-electron chi connectivity index (χ4n) is 5.15. The van der Waals surface area contributed by atoms with Gasteiger partial charge in [-0.3, -0.25) is 9.59 Å². The van der Waals surface area contributed by atoms with Crippen molar-refractivity contribution in [3.63, 3.8) is 0 Å². The minimum absolute atomic E-state index is 0.0280. The molecule has 0 bridgehead atoms. The van der Waals surface area contributed by atoms with Crippen LogP contribution in [0.5, 0.6) is 0 Å². The number of alkyl carbamates (subject to hydrolysis) is 1. The van der Waals surface area contributed by atoms with Gasteiger partial charge in [-0.05, 0) is 41.5 Å². The second-order valence-corrected chi connectivity index (χ2v) is 8.77. The van der Waals surface area contributed by atoms with Crippen LogP contribution in [-0.2, 0) is 14.3 Å². The largest absolute Gasteiger partial charge is 0.480 e. The molecule has 2 aromatic rings. The summed E-state index contributed by atoms with van der Waals surface area (Å²) in [6, 6.07) is 16.0. The van der Waals surface area contributed by atoms with Crippen molar-refractivity contribution in [3.05, 3.63) is 59.7 Å². The van der Waals surface area contributed by atoms with E-state index in [0.717, 1.165) is 28.7 Å². The van der Waals surface area contributed by atoms with Gasteiger partial charge in [0.15, 0.2) is 0 Å². The van der Waals surface area contributed by atoms with Gasteiger partial charge in [0.05, 0.1) is 5.92 Å². The fraction of sp³-hybridized carbons (Fsp3) is 0.423. The van der Waals surface area contributed by atoms with Crippen molar-refractivity contribution >= 4 is 18.0 Å². The first-order chi connectivity index (χ1) is 16.0. The summed E-state index contributed by atoms with van der Waals surface area (Å²) in [5.74, 6) is -1.69. The molecule has 0 radical (unpaired) electrons. The van der Waals surface area contributed by atoms with E-state index in [9.17, 15) is 14.4 Å². The highest BCUT2D eigenvalue weighted by Crippen LogP contribution is 2.44. The van der Waals surface area contributed by atoms with Crippen LogP contribution in [0.4, 0.5) is 4.79 Å². The highest BCUT2D eigenvalue weighted by atomic mass is 16.5. The molecular weight excluding hydrogens is 420 g/mol. The number of carboxylic acid groups (broad SMARTS) is 1. The summed E-state index contributed by atoms with van der Waals surface area (Å²) >= 11 is 0. The van der Waals surface area contributed by atoms with Crippen LogP contribution in [0.3, 0.4) is 0 Å². The van der Waals surface area contributed by atoms with Crippen LogP contribution < -0.4 is 5.32 Å². The van der Waals surface area contributed by atoms with Gasteiger partial charge >= 0.3 is 12.1 Å². The summed E-state index contributed by atoms with van der Waals surface area (Å²) in [6.07, 6.45) is 2.25. The van der Waals surface area contributed by atoms with Crippen LogP contribution in [0.25, 0.3) is 11.1 Å². The van der Waals surface area contributed by atoms with E-state index >= 15 is 0 Å². The maximum absolute atomic E-state index is 13.0. The monoisotopic (exact) mass is 450 g/mol. The fourth-order valence-corrected chi connectivity index (χ4v) is 5.15. The molecule has 1 fully saturated rings. The Balaban J connectivity index is 1.39. The number of carbonyl (C=O) groups is 3. The molecule has 2 atom stereocenters. The molecule has 2 N–H and O–H groups in total. The minimum atomic E-state index is -1.03. The number of benzene rings is 2. The zero-order valence-corrected chi connectivity index (χ0v) is 18.8. The lowest BCUT2D eigenvalue weighted by atomic mass is 9.98. The zero-order valence-electron chi connectivity index (χ0n) is 18.8. The molecule has 2 aliphatic rings. The van der Waals surface area contributed by atoms with Crippen LogP contribution in [0.15, 0.2) is 48.5 Å². The molecular formula is C26H30N2O5. The Bertz CT molecular complexity index is 991. The predicted molar refractivity (Wildman–Crippen MR) is 124 cm³/mol. The van der Waals surface area contributed by atoms with Crippen LogP contribution in [0.2, 0.25) is 0 Å². The number of carbonyl (C=O) groups excluding carboxylic acids is 2. The highest BCUT2D eigenvalue weighted by molar-refractivity contribution is 5.84. The van der Waals surface area contributed by atoms with Crippen molar-refractivity contribution in [1.82, 2.24) is 10.2 Å². The Morgan fingerprint density at radius 3 is 2.27 bits per heavy atom. The maximum Gasteiger partial charge on any atom is 0.407 e. The lowest BCUT2D eigenvalue weighted by Crippen LogP contribution is -2.47. The van der Waals surface area contributed by atoms with Gasteiger partial charge in [0.2, 0.25) is 5.91 Å². The summed E-state index contributed by atoms with van der Waals surface area (Å²) in [6.45, 7) is 2.19. The highest BCUT2D eigenvalue weighted by Gasteiger charge is 2.37. The normalized spacial score (nSPS) is 18.9. The zero-order chi connectivity index (χ0) is 23.4. The van der Waals surface area contributed by atoms with E-state index in [0.29, 0.717) is 25.8 Å². The van der Waals surface area contributed by atoms with Gasteiger partial charge in [0.1, 0.15) is 13.2 Å². The maximum atomic E-state index is 13.0. The molecule has 2 aromatic carbocycles. The molecule has 0 aliphatic heterocycles. The van der Waals surface area contributed by atoms with Crippen molar-refractivity contribution in [2.24, 2.45) is 5.92 Å². The van der Waals surface area contributed by atoms with Gasteiger partial charge in [0, 0.05) is 18.5 Å². The molecule has 7 nitrogen and oxygen atoms in total. The van der Waals surface area contributed by atoms with Crippen LogP contribution >= 0.6 is 0 Å². The third kappa shape index (κ3) is 4.87. The van der Waals surface area contributed by atoms with E-state index in [-0.39, 0.29) is 31.0 Å². The first-order valence-electron chi connectivity index (χ1n) is 11.6. The molecule has 0 aromatic heterocycles. The van der Waals surface area contributed by atoms with Crippen molar-refractivity contribution < 1.29 is 24.2 Å². The SMILES string of the molecule is CCCN(CC(=O)O)C(=O)C1CCCC1NC(=O)OCC1c2ccccc2-c2ccccc21. The molecule has 2 unspecified atom stereocenters. The van der Waals surface area contributed by atoms with Gasteiger partial charge in [0.25, 0.3) is 0 Å². The van der Waals surface area contributed by atoms with Crippen molar-refractivity contribution in [1.29, 1.82) is 0 Å². The number of ether oxygens (including phenoxy) is 1. The molecule has 4 rings (SSSR count). The lowest BCUT2D eigenvalue weighted by molar-refractivity contribution is -0.146. The number of hydrogen-bond acceptors (Lipinski definition) is 4. The summed E-state index contributed by atoms with van der Waals surface area (Å²) in [5.41, 5.74) is 4.62. The standard InChI is InChI=1S/C26H30N2O5/c1-2-14-28(15-24(29)30)25(31)21-12-7-13-23(21)27-26(32)33-16-22-19-10-5-3-8-17(19)18-9-4-6-11-20(18)22/h3-6,8-11,21-23H,2,7,12-16H2,1H3,(H,27,32)(H,29,30). The Morgan fingerprint density at radius 1 is 1.03 bits per heavy atom. The van der Waals surface area contributed by atoms with Crippen LogP contribution in [0.1, 0.15) is 49.7 Å². The number of amides is 2. The number of nitrogens with zero attached hydrogens (tertiary/aromatic N) is 1. The molecule has 1 saturated carbocycles. The van der Waals surface area contributed by atoms with E-state index in [1.807, 2.05) is 31.2 Å². The molecule has 174 valence electrons. The first-order valence-corrected chi connectivity index (χ1v) is 11.6. The van der Waals surface area contributed by atoms with Gasteiger partial charge in [-0.1, -0.05) is 61.9 Å². The van der Waals surface area contributed by atoms with E-state index < -0.39 is 18.0 Å². The Morgan fingerprint density at radius 2 is 1.67 bits per heavy atom. The second kappa shape index (κ2) is 10.1. The average molecular weight is 451 g/mol. The number of hydrogen-bond donors (Lipinski definition) is 2. The molecule has 0 heterocycles. The lowest BCUT2D eigenvalue weighted by Gasteiger charge is -2.27. The molecule has 0 spiro atoms. The Kier molecular flexibility index (Phi) is 6.96. The van der Waals surface area contributed by atoms with Crippen molar-refractivity contribution in [2.45, 2.75) is 44.6 Å². The first kappa shape index (κ1) is 22.8. The number of rotatable bonds is 8. The number of carboxylic acids is 1. The summed E-state index contributed by atoms with van der Waals surface area (Å²) in [5, 5.41) is 12.0. The topological polar surface area (TPSA) is 95.9 Å². The van der Waals surface area contributed by atoms with E-state index in [1.165, 1.54) is 4.90 Å². The van der Waals surface area contributed by atoms with Crippen LogP contribution in [-0.4, -0.2) is 53.7 Å². The number of nitrogens with one attached hydrogen (secondary N) is 1. The molecule has 2 aliphatic carbocycles. The third-order valence-electron chi connectivity index (χ3n) is 6.61. The van der Waals surface area contributed by atoms with Crippen molar-refractivity contribution in [2.75, 3.05) is 19.7 Å². The summed E-state index contributed by atoms with van der Waals surface area (Å²) < 4.78 is 5.63. The summed E-state index contributed by atoms with van der Waals surface area (Å²) in [7, 11) is 0. The second-order valence-electron chi connectivity index (χ2n) is 8.77. The summed E-state index contributed by atoms with van der Waals surface area (Å²) in [4.78, 5) is 38.2.